The van der Waals surface area contributed by atoms with E-state index < -0.39 is 0 Å². The molecule has 2 heteroatoms. The molecule has 1 heterocycles. The van der Waals surface area contributed by atoms with Gasteiger partial charge in [-0.25, -0.2) is 0 Å². The number of benzene rings is 3. The van der Waals surface area contributed by atoms with Crippen molar-refractivity contribution in [2.75, 3.05) is 0 Å². The summed E-state index contributed by atoms with van der Waals surface area (Å²) in [6.45, 7) is 6.68. The van der Waals surface area contributed by atoms with E-state index in [9.17, 15) is 0 Å². The standard InChI is InChI=1S/C23H20N.Ir/c1-23(2,3)19-12-13-24-22(15-19)18-11-10-17-9-8-16-6-4-5-7-20(16)21(17)14-18;/h4-10,12-15H,1-3H3;/q-1;. The van der Waals surface area contributed by atoms with Gasteiger partial charge in [-0.15, -0.1) is 23.8 Å². The van der Waals surface area contributed by atoms with Gasteiger partial charge in [-0.2, -0.15) is 0 Å². The first-order chi connectivity index (χ1) is 11.5. The summed E-state index contributed by atoms with van der Waals surface area (Å²) in [6.07, 6.45) is 1.90. The van der Waals surface area contributed by atoms with Gasteiger partial charge in [0.15, 0.2) is 0 Å². The number of hydrogen-bond acceptors (Lipinski definition) is 1. The second kappa shape index (κ2) is 6.71. The Balaban J connectivity index is 0.00000182. The molecule has 1 nitrogen and oxygen atoms in total. The van der Waals surface area contributed by atoms with E-state index in [1.165, 1.54) is 27.1 Å². The van der Waals surface area contributed by atoms with E-state index in [-0.39, 0.29) is 25.5 Å². The van der Waals surface area contributed by atoms with E-state index in [4.69, 9.17) is 0 Å². The van der Waals surface area contributed by atoms with Crippen LogP contribution in [0.1, 0.15) is 26.3 Å². The monoisotopic (exact) mass is 503 g/mol. The van der Waals surface area contributed by atoms with Crippen molar-refractivity contribution < 1.29 is 20.1 Å². The molecule has 0 fully saturated rings. The third kappa shape index (κ3) is 3.38. The molecule has 0 amide bonds. The summed E-state index contributed by atoms with van der Waals surface area (Å²) in [5, 5.41) is 5.00. The van der Waals surface area contributed by atoms with Crippen molar-refractivity contribution >= 4 is 21.5 Å². The zero-order valence-corrected chi connectivity index (χ0v) is 17.0. The summed E-state index contributed by atoms with van der Waals surface area (Å²) in [5.74, 6) is 0. The molecule has 25 heavy (non-hydrogen) atoms. The predicted octanol–water partition coefficient (Wildman–Crippen LogP) is 6.15. The van der Waals surface area contributed by atoms with Crippen LogP contribution in [0.15, 0.2) is 66.9 Å². The Hall–Kier alpha value is -2.02. The number of nitrogens with zero attached hydrogens (tertiary/aromatic N) is 1. The van der Waals surface area contributed by atoms with Crippen molar-refractivity contribution in [1.82, 2.24) is 4.98 Å². The SMILES string of the molecule is CC(C)(C)c1ccnc(-c2[c-]cc3ccc4ccccc4c3c2)c1.[Ir]. The first-order valence-corrected chi connectivity index (χ1v) is 8.32. The zero-order chi connectivity index (χ0) is 16.7. The number of aromatic nitrogens is 1. The molecule has 4 rings (SSSR count). The molecule has 0 aliphatic heterocycles. The molecule has 1 radical (unpaired) electrons. The Labute approximate surface area is 162 Å². The molecule has 0 aliphatic carbocycles. The van der Waals surface area contributed by atoms with E-state index >= 15 is 0 Å². The summed E-state index contributed by atoms with van der Waals surface area (Å²) < 4.78 is 0. The zero-order valence-electron chi connectivity index (χ0n) is 14.6. The first-order valence-electron chi connectivity index (χ1n) is 8.32. The fourth-order valence-corrected chi connectivity index (χ4v) is 3.13. The molecule has 0 aliphatic rings. The van der Waals surface area contributed by atoms with Gasteiger partial charge >= 0.3 is 0 Å². The van der Waals surface area contributed by atoms with Crippen molar-refractivity contribution in [3.8, 4) is 11.3 Å². The van der Waals surface area contributed by atoms with Gasteiger partial charge in [0.25, 0.3) is 0 Å². The maximum absolute atomic E-state index is 4.58. The maximum Gasteiger partial charge on any atom is 0.0163 e. The molecule has 4 aromatic rings. The first kappa shape index (κ1) is 17.8. The molecular weight excluding hydrogens is 482 g/mol. The van der Waals surface area contributed by atoms with Gasteiger partial charge < -0.3 is 4.98 Å². The Morgan fingerprint density at radius 1 is 0.840 bits per heavy atom. The van der Waals surface area contributed by atoms with Crippen molar-refractivity contribution in [3.63, 3.8) is 0 Å². The number of pyridine rings is 1. The molecule has 0 spiro atoms. The fourth-order valence-electron chi connectivity index (χ4n) is 3.13. The summed E-state index contributed by atoms with van der Waals surface area (Å²) in [6, 6.07) is 24.8. The minimum atomic E-state index is 0. The quantitative estimate of drug-likeness (QED) is 0.225. The Bertz CT molecular complexity index is 1040. The van der Waals surface area contributed by atoms with Crippen molar-refractivity contribution in [1.29, 1.82) is 0 Å². The maximum atomic E-state index is 4.58. The smallest absolute Gasteiger partial charge is 0.0163 e. The van der Waals surface area contributed by atoms with Crippen molar-refractivity contribution in [2.45, 2.75) is 26.2 Å². The van der Waals surface area contributed by atoms with Gasteiger partial charge in [-0.05, 0) is 33.5 Å². The molecule has 0 saturated carbocycles. The molecule has 3 aromatic carbocycles. The average Bonchev–Trinajstić information content (AvgIpc) is 2.60. The van der Waals surface area contributed by atoms with E-state index in [1.807, 2.05) is 6.20 Å². The second-order valence-electron chi connectivity index (χ2n) is 7.32. The van der Waals surface area contributed by atoms with Crippen LogP contribution in [0.2, 0.25) is 0 Å². The van der Waals surface area contributed by atoms with Crippen molar-refractivity contribution in [3.05, 3.63) is 78.5 Å². The van der Waals surface area contributed by atoms with E-state index in [1.54, 1.807) is 0 Å². The summed E-state index contributed by atoms with van der Waals surface area (Å²) >= 11 is 0. The van der Waals surface area contributed by atoms with Crippen LogP contribution in [-0.2, 0) is 25.5 Å². The Morgan fingerprint density at radius 2 is 1.60 bits per heavy atom. The normalized spacial score (nSPS) is 11.5. The number of fused-ring (bicyclic) bond motifs is 3. The molecule has 0 atom stereocenters. The van der Waals surface area contributed by atoms with Gasteiger partial charge in [0.2, 0.25) is 0 Å². The van der Waals surface area contributed by atoms with Gasteiger partial charge in [0, 0.05) is 26.3 Å². The van der Waals surface area contributed by atoms with E-state index in [0.29, 0.717) is 0 Å². The van der Waals surface area contributed by atoms with Gasteiger partial charge in [-0.1, -0.05) is 74.0 Å². The molecule has 0 bridgehead atoms. The fraction of sp³-hybridized carbons (Fsp3) is 0.174. The van der Waals surface area contributed by atoms with Crippen LogP contribution < -0.4 is 0 Å². The van der Waals surface area contributed by atoms with Crippen molar-refractivity contribution in [2.24, 2.45) is 0 Å². The summed E-state index contributed by atoms with van der Waals surface area (Å²) in [7, 11) is 0. The molecule has 127 valence electrons. The van der Waals surface area contributed by atoms with Crippen LogP contribution in [0.25, 0.3) is 32.8 Å². The third-order valence-electron chi connectivity index (χ3n) is 4.58. The molecule has 0 N–H and O–H groups in total. The second-order valence-corrected chi connectivity index (χ2v) is 7.32. The van der Waals surface area contributed by atoms with E-state index in [0.717, 1.165) is 11.3 Å². The summed E-state index contributed by atoms with van der Waals surface area (Å²) in [4.78, 5) is 4.58. The average molecular weight is 503 g/mol. The van der Waals surface area contributed by atoms with Crippen LogP contribution in [0, 0.1) is 6.07 Å². The van der Waals surface area contributed by atoms with E-state index in [2.05, 4.69) is 92.5 Å². The number of rotatable bonds is 1. The van der Waals surface area contributed by atoms with Crippen LogP contribution in [0.5, 0.6) is 0 Å². The molecule has 0 unspecified atom stereocenters. The van der Waals surface area contributed by atoms with Gasteiger partial charge in [0.1, 0.15) is 0 Å². The Morgan fingerprint density at radius 3 is 2.40 bits per heavy atom. The van der Waals surface area contributed by atoms with Gasteiger partial charge in [-0.3, -0.25) is 0 Å². The third-order valence-corrected chi connectivity index (χ3v) is 4.58. The Kier molecular flexibility index (Phi) is 4.77. The largest absolute Gasteiger partial charge is 0.305 e. The van der Waals surface area contributed by atoms with Gasteiger partial charge in [0.05, 0.1) is 0 Å². The number of hydrogen-bond donors (Lipinski definition) is 0. The van der Waals surface area contributed by atoms with Crippen LogP contribution in [0.4, 0.5) is 0 Å². The topological polar surface area (TPSA) is 12.9 Å². The van der Waals surface area contributed by atoms with Crippen LogP contribution in [-0.4, -0.2) is 4.98 Å². The molecular formula is C23H20IrN-. The van der Waals surface area contributed by atoms with Crippen LogP contribution in [0.3, 0.4) is 0 Å². The molecule has 1 aromatic heterocycles. The minimum absolute atomic E-state index is 0. The van der Waals surface area contributed by atoms with Crippen LogP contribution >= 0.6 is 0 Å². The minimum Gasteiger partial charge on any atom is -0.305 e. The summed E-state index contributed by atoms with van der Waals surface area (Å²) in [5.41, 5.74) is 3.43. The predicted molar refractivity (Wildman–Crippen MR) is 102 cm³/mol. The molecule has 0 saturated heterocycles.